The second-order valence-electron chi connectivity index (χ2n) is 8.61. The highest BCUT2D eigenvalue weighted by Gasteiger charge is 2.19. The molecule has 7 heteroatoms. The third-order valence-corrected chi connectivity index (χ3v) is 6.18. The van der Waals surface area contributed by atoms with Gasteiger partial charge in [0.1, 0.15) is 18.2 Å². The van der Waals surface area contributed by atoms with E-state index in [9.17, 15) is 4.79 Å². The van der Waals surface area contributed by atoms with Crippen molar-refractivity contribution >= 4 is 16.9 Å². The van der Waals surface area contributed by atoms with E-state index in [4.69, 9.17) is 19.2 Å². The second-order valence-corrected chi connectivity index (χ2v) is 8.61. The van der Waals surface area contributed by atoms with E-state index in [1.807, 2.05) is 55.5 Å². The molecule has 0 saturated heterocycles. The van der Waals surface area contributed by atoms with Crippen molar-refractivity contribution < 1.29 is 19.0 Å². The molecule has 1 N–H and O–H groups in total. The maximum absolute atomic E-state index is 12.9. The van der Waals surface area contributed by atoms with Crippen LogP contribution in [0.2, 0.25) is 0 Å². The van der Waals surface area contributed by atoms with Crippen molar-refractivity contribution in [3.8, 4) is 17.2 Å². The largest absolute Gasteiger partial charge is 0.493 e. The van der Waals surface area contributed by atoms with Crippen molar-refractivity contribution in [3.05, 3.63) is 83.7 Å². The summed E-state index contributed by atoms with van der Waals surface area (Å²) in [6, 6.07) is 21.4. The Labute approximate surface area is 212 Å². The van der Waals surface area contributed by atoms with Gasteiger partial charge in [-0.1, -0.05) is 37.3 Å². The van der Waals surface area contributed by atoms with Crippen molar-refractivity contribution in [1.29, 1.82) is 0 Å². The predicted octanol–water partition coefficient (Wildman–Crippen LogP) is 5.11. The summed E-state index contributed by atoms with van der Waals surface area (Å²) in [4.78, 5) is 17.7. The van der Waals surface area contributed by atoms with Gasteiger partial charge in [0.15, 0.2) is 11.5 Å². The highest BCUT2D eigenvalue weighted by Crippen LogP contribution is 2.28. The number of ether oxygens (including phenoxy) is 3. The van der Waals surface area contributed by atoms with Crippen LogP contribution >= 0.6 is 0 Å². The van der Waals surface area contributed by atoms with Gasteiger partial charge in [-0.2, -0.15) is 0 Å². The van der Waals surface area contributed by atoms with Gasteiger partial charge in [-0.25, -0.2) is 4.98 Å². The Kier molecular flexibility index (Phi) is 8.10. The smallest absolute Gasteiger partial charge is 0.224 e. The van der Waals surface area contributed by atoms with Crippen LogP contribution in [0.4, 0.5) is 0 Å². The molecule has 36 heavy (non-hydrogen) atoms. The lowest BCUT2D eigenvalue weighted by Crippen LogP contribution is -2.30. The number of benzene rings is 3. The first-order valence-corrected chi connectivity index (χ1v) is 12.2. The second kappa shape index (κ2) is 11.6. The number of hydrogen-bond acceptors (Lipinski definition) is 5. The maximum atomic E-state index is 12.9. The molecule has 1 unspecified atom stereocenters. The molecule has 1 aromatic heterocycles. The van der Waals surface area contributed by atoms with Gasteiger partial charge in [-0.05, 0) is 60.9 Å². The quantitative estimate of drug-likeness (QED) is 0.318. The van der Waals surface area contributed by atoms with Crippen molar-refractivity contribution in [2.75, 3.05) is 20.8 Å². The third-order valence-electron chi connectivity index (χ3n) is 6.18. The molecular formula is C29H33N3O4. The molecule has 3 aromatic carbocycles. The summed E-state index contributed by atoms with van der Waals surface area (Å²) in [6.07, 6.45) is 1.22. The zero-order valence-electron chi connectivity index (χ0n) is 21.3. The first-order chi connectivity index (χ1) is 17.5. The van der Waals surface area contributed by atoms with Crippen LogP contribution in [-0.2, 0) is 24.2 Å². The van der Waals surface area contributed by atoms with Crippen LogP contribution < -0.4 is 19.5 Å². The molecule has 188 valence electrons. The highest BCUT2D eigenvalue weighted by atomic mass is 16.5. The van der Waals surface area contributed by atoms with Crippen LogP contribution in [0.25, 0.3) is 11.0 Å². The first-order valence-electron chi connectivity index (χ1n) is 12.2. The molecule has 1 atom stereocenters. The van der Waals surface area contributed by atoms with E-state index in [1.54, 1.807) is 20.3 Å². The number of amides is 1. The molecule has 4 rings (SSSR count). The van der Waals surface area contributed by atoms with E-state index in [1.165, 1.54) is 5.56 Å². The molecule has 0 radical (unpaired) electrons. The lowest BCUT2D eigenvalue weighted by atomic mass is 10.1. The SMILES string of the molecule is CCc1ccc(OCCn2c(C(C)NC(=O)Cc3ccc(OC)c(OC)c3)nc3ccccc32)cc1. The average molecular weight is 488 g/mol. The normalized spacial score (nSPS) is 11.8. The monoisotopic (exact) mass is 487 g/mol. The Balaban J connectivity index is 1.46. The molecule has 0 aliphatic rings. The van der Waals surface area contributed by atoms with Crippen LogP contribution in [0, 0.1) is 0 Å². The van der Waals surface area contributed by atoms with E-state index in [2.05, 4.69) is 28.9 Å². The van der Waals surface area contributed by atoms with Gasteiger partial charge >= 0.3 is 0 Å². The number of fused-ring (bicyclic) bond motifs is 1. The van der Waals surface area contributed by atoms with Crippen LogP contribution in [-0.4, -0.2) is 36.3 Å². The van der Waals surface area contributed by atoms with Crippen LogP contribution in [0.5, 0.6) is 17.2 Å². The molecule has 1 amide bonds. The van der Waals surface area contributed by atoms with Crippen LogP contribution in [0.1, 0.15) is 36.8 Å². The van der Waals surface area contributed by atoms with Gasteiger partial charge in [0.2, 0.25) is 5.91 Å². The van der Waals surface area contributed by atoms with E-state index in [-0.39, 0.29) is 18.4 Å². The molecule has 0 fully saturated rings. The van der Waals surface area contributed by atoms with Gasteiger partial charge in [0, 0.05) is 0 Å². The average Bonchev–Trinajstić information content (AvgIpc) is 3.27. The summed E-state index contributed by atoms with van der Waals surface area (Å²) in [5.41, 5.74) is 4.02. The fourth-order valence-corrected chi connectivity index (χ4v) is 4.27. The van der Waals surface area contributed by atoms with E-state index in [0.29, 0.717) is 24.7 Å². The minimum absolute atomic E-state index is 0.0967. The van der Waals surface area contributed by atoms with E-state index >= 15 is 0 Å². The summed E-state index contributed by atoms with van der Waals surface area (Å²) < 4.78 is 18.8. The Morgan fingerprint density at radius 1 is 0.972 bits per heavy atom. The number of methoxy groups -OCH3 is 2. The Bertz CT molecular complexity index is 1310. The van der Waals surface area contributed by atoms with Gasteiger partial charge in [-0.15, -0.1) is 0 Å². The topological polar surface area (TPSA) is 74.6 Å². The molecule has 1 heterocycles. The zero-order chi connectivity index (χ0) is 25.5. The molecule has 7 nitrogen and oxygen atoms in total. The Morgan fingerprint density at radius 3 is 2.42 bits per heavy atom. The molecule has 0 spiro atoms. The molecule has 0 bridgehead atoms. The van der Waals surface area contributed by atoms with Crippen LogP contribution in [0.3, 0.4) is 0 Å². The van der Waals surface area contributed by atoms with E-state index in [0.717, 1.165) is 34.6 Å². The number of aromatic nitrogens is 2. The summed E-state index contributed by atoms with van der Waals surface area (Å²) in [5, 5.41) is 3.10. The van der Waals surface area contributed by atoms with E-state index < -0.39 is 0 Å². The summed E-state index contributed by atoms with van der Waals surface area (Å²) in [5.74, 6) is 2.77. The number of nitrogens with one attached hydrogen (secondary N) is 1. The third kappa shape index (κ3) is 5.79. The standard InChI is InChI=1S/C29H33N3O4/c1-5-21-10-13-23(14-11-21)36-17-16-32-25-9-7-6-8-24(25)31-29(32)20(2)30-28(33)19-22-12-15-26(34-3)27(18-22)35-4/h6-15,18,20H,5,16-17,19H2,1-4H3,(H,30,33). The lowest BCUT2D eigenvalue weighted by molar-refractivity contribution is -0.121. The minimum atomic E-state index is -0.283. The van der Waals surface area contributed by atoms with Gasteiger partial charge in [-0.3, -0.25) is 4.79 Å². The number of para-hydroxylation sites is 2. The lowest BCUT2D eigenvalue weighted by Gasteiger charge is -2.17. The fraction of sp³-hybridized carbons (Fsp3) is 0.310. The number of carbonyl (C=O) groups is 1. The summed E-state index contributed by atoms with van der Waals surface area (Å²) in [7, 11) is 3.17. The van der Waals surface area contributed by atoms with Crippen molar-refractivity contribution in [1.82, 2.24) is 14.9 Å². The number of aryl methyl sites for hydroxylation is 1. The number of hydrogen-bond donors (Lipinski definition) is 1. The van der Waals surface area contributed by atoms with Crippen molar-refractivity contribution in [2.45, 2.75) is 39.3 Å². The molecule has 4 aromatic rings. The number of rotatable bonds is 11. The van der Waals surface area contributed by atoms with Crippen molar-refractivity contribution in [2.24, 2.45) is 0 Å². The van der Waals surface area contributed by atoms with Crippen LogP contribution in [0.15, 0.2) is 66.7 Å². The van der Waals surface area contributed by atoms with Gasteiger partial charge < -0.3 is 24.1 Å². The summed E-state index contributed by atoms with van der Waals surface area (Å²) in [6.45, 7) is 5.19. The predicted molar refractivity (Wildman–Crippen MR) is 141 cm³/mol. The zero-order valence-corrected chi connectivity index (χ0v) is 21.3. The first kappa shape index (κ1) is 25.1. The van der Waals surface area contributed by atoms with Crippen molar-refractivity contribution in [3.63, 3.8) is 0 Å². The highest BCUT2D eigenvalue weighted by molar-refractivity contribution is 5.80. The van der Waals surface area contributed by atoms with Gasteiger partial charge in [0.05, 0.1) is 44.3 Å². The maximum Gasteiger partial charge on any atom is 0.224 e. The number of imidazole rings is 1. The number of nitrogens with zero attached hydrogens (tertiary/aromatic N) is 2. The summed E-state index contributed by atoms with van der Waals surface area (Å²) >= 11 is 0. The molecule has 0 aliphatic carbocycles. The Morgan fingerprint density at radius 2 is 1.69 bits per heavy atom. The molecular weight excluding hydrogens is 454 g/mol. The minimum Gasteiger partial charge on any atom is -0.493 e. The Hall–Kier alpha value is -4.00. The number of carbonyl (C=O) groups excluding carboxylic acids is 1. The van der Waals surface area contributed by atoms with Gasteiger partial charge in [0.25, 0.3) is 0 Å². The molecule has 0 aliphatic heterocycles. The molecule has 0 saturated carbocycles. The fourth-order valence-electron chi connectivity index (χ4n) is 4.27.